The van der Waals surface area contributed by atoms with Crippen molar-refractivity contribution >= 4 is 17.6 Å². The summed E-state index contributed by atoms with van der Waals surface area (Å²) in [5, 5.41) is 0. The standard InChI is InChI=1S/C33H24N6O3/c34-32(41)27-11-9-25(38-15-13-36-19-38)17-29(27)21-1-5-23(6-2-21)31(40)24-7-3-22(4-8-24)30-18-26(39-16-14-37-20-39)10-12-28(30)33(35)42/h1-20H,(H2,34,41)(H2,35,42). The Morgan fingerprint density at radius 2 is 0.952 bits per heavy atom. The van der Waals surface area contributed by atoms with E-state index in [1.165, 1.54) is 0 Å². The lowest BCUT2D eigenvalue weighted by molar-refractivity contribution is 0.0992. The largest absolute Gasteiger partial charge is 0.366 e. The van der Waals surface area contributed by atoms with Gasteiger partial charge in [-0.25, -0.2) is 9.97 Å². The summed E-state index contributed by atoms with van der Waals surface area (Å²) in [4.78, 5) is 45.8. The van der Waals surface area contributed by atoms with Crippen molar-refractivity contribution in [3.8, 4) is 33.6 Å². The van der Waals surface area contributed by atoms with E-state index in [0.29, 0.717) is 33.4 Å². The molecule has 42 heavy (non-hydrogen) atoms. The van der Waals surface area contributed by atoms with Crippen LogP contribution < -0.4 is 11.5 Å². The molecule has 2 aromatic heterocycles. The molecule has 0 aliphatic rings. The van der Waals surface area contributed by atoms with E-state index >= 15 is 0 Å². The van der Waals surface area contributed by atoms with Crippen LogP contribution in [0.4, 0.5) is 0 Å². The smallest absolute Gasteiger partial charge is 0.249 e. The van der Waals surface area contributed by atoms with Crippen LogP contribution in [0.15, 0.2) is 122 Å². The monoisotopic (exact) mass is 552 g/mol. The van der Waals surface area contributed by atoms with E-state index in [1.807, 2.05) is 21.3 Å². The number of primary amides is 2. The number of aromatic nitrogens is 4. The minimum absolute atomic E-state index is 0.169. The minimum Gasteiger partial charge on any atom is -0.366 e. The van der Waals surface area contributed by atoms with Crippen LogP contribution in [0, 0.1) is 0 Å². The number of rotatable bonds is 8. The van der Waals surface area contributed by atoms with E-state index in [2.05, 4.69) is 9.97 Å². The van der Waals surface area contributed by atoms with Gasteiger partial charge in [0.25, 0.3) is 0 Å². The molecule has 0 bridgehead atoms. The first kappa shape index (κ1) is 26.1. The maximum atomic E-state index is 13.3. The molecule has 204 valence electrons. The molecule has 0 atom stereocenters. The van der Waals surface area contributed by atoms with Crippen molar-refractivity contribution in [2.24, 2.45) is 11.5 Å². The van der Waals surface area contributed by atoms with Crippen LogP contribution in [0.2, 0.25) is 0 Å². The number of carbonyl (C=O) groups excluding carboxylic acids is 3. The molecule has 0 spiro atoms. The molecule has 9 heteroatoms. The van der Waals surface area contributed by atoms with Crippen LogP contribution in [0.1, 0.15) is 36.6 Å². The van der Waals surface area contributed by atoms with Gasteiger partial charge in [-0.05, 0) is 58.7 Å². The Kier molecular flexibility index (Phi) is 6.74. The second kappa shape index (κ2) is 10.8. The summed E-state index contributed by atoms with van der Waals surface area (Å²) in [6.45, 7) is 0. The number of imidazole rings is 2. The van der Waals surface area contributed by atoms with Crippen molar-refractivity contribution in [3.05, 3.63) is 145 Å². The number of carbonyl (C=O) groups is 3. The molecule has 0 aliphatic heterocycles. The summed E-state index contributed by atoms with van der Waals surface area (Å²) in [7, 11) is 0. The van der Waals surface area contributed by atoms with Crippen LogP contribution in [-0.2, 0) is 0 Å². The molecule has 9 nitrogen and oxygen atoms in total. The summed E-state index contributed by atoms with van der Waals surface area (Å²) in [6, 6.07) is 24.7. The Morgan fingerprint density at radius 3 is 1.29 bits per heavy atom. The summed E-state index contributed by atoms with van der Waals surface area (Å²) < 4.78 is 3.66. The van der Waals surface area contributed by atoms with Crippen molar-refractivity contribution in [2.45, 2.75) is 0 Å². The Bertz CT molecular complexity index is 1780. The number of hydrogen-bond acceptors (Lipinski definition) is 5. The number of benzene rings is 4. The highest BCUT2D eigenvalue weighted by Gasteiger charge is 2.16. The van der Waals surface area contributed by atoms with Gasteiger partial charge < -0.3 is 20.6 Å². The zero-order valence-electron chi connectivity index (χ0n) is 22.2. The third-order valence-corrected chi connectivity index (χ3v) is 7.06. The van der Waals surface area contributed by atoms with Crippen molar-refractivity contribution < 1.29 is 14.4 Å². The molecule has 0 unspecified atom stereocenters. The zero-order valence-corrected chi connectivity index (χ0v) is 22.2. The Morgan fingerprint density at radius 1 is 0.548 bits per heavy atom. The summed E-state index contributed by atoms with van der Waals surface area (Å²) in [6.07, 6.45) is 10.3. The fourth-order valence-electron chi connectivity index (χ4n) is 4.89. The van der Waals surface area contributed by atoms with Crippen molar-refractivity contribution in [1.29, 1.82) is 0 Å². The second-order valence-corrected chi connectivity index (χ2v) is 9.61. The number of ketones is 1. The normalized spacial score (nSPS) is 10.9. The van der Waals surface area contributed by atoms with E-state index in [4.69, 9.17) is 11.5 Å². The Balaban J connectivity index is 1.28. The van der Waals surface area contributed by atoms with Gasteiger partial charge in [-0.3, -0.25) is 14.4 Å². The SMILES string of the molecule is NC(=O)c1ccc(-n2ccnc2)cc1-c1ccc(C(=O)c2ccc(-c3cc(-n4ccnc4)ccc3C(N)=O)cc2)cc1. The molecular formula is C33H24N6O3. The van der Waals surface area contributed by atoms with E-state index < -0.39 is 11.8 Å². The first-order valence-electron chi connectivity index (χ1n) is 13.0. The van der Waals surface area contributed by atoms with Crippen LogP contribution in [0.5, 0.6) is 0 Å². The van der Waals surface area contributed by atoms with Gasteiger partial charge in [-0.1, -0.05) is 48.5 Å². The molecule has 2 heterocycles. The highest BCUT2D eigenvalue weighted by atomic mass is 16.1. The van der Waals surface area contributed by atoms with Gasteiger partial charge in [-0.15, -0.1) is 0 Å². The van der Waals surface area contributed by atoms with Gasteiger partial charge in [0.15, 0.2) is 5.78 Å². The molecule has 4 N–H and O–H groups in total. The zero-order chi connectivity index (χ0) is 29.2. The summed E-state index contributed by atoms with van der Waals surface area (Å²) in [5.41, 5.74) is 17.5. The fourth-order valence-corrected chi connectivity index (χ4v) is 4.89. The predicted octanol–water partition coefficient (Wildman–Crippen LogP) is 4.82. The van der Waals surface area contributed by atoms with Gasteiger partial charge >= 0.3 is 0 Å². The minimum atomic E-state index is -0.544. The lowest BCUT2D eigenvalue weighted by Crippen LogP contribution is -2.13. The van der Waals surface area contributed by atoms with Crippen molar-refractivity contribution in [2.75, 3.05) is 0 Å². The fraction of sp³-hybridized carbons (Fsp3) is 0. The first-order chi connectivity index (χ1) is 20.4. The van der Waals surface area contributed by atoms with E-state index in [9.17, 15) is 14.4 Å². The lowest BCUT2D eigenvalue weighted by Gasteiger charge is -2.12. The molecule has 0 saturated heterocycles. The molecule has 0 saturated carbocycles. The molecule has 6 aromatic rings. The molecule has 2 amide bonds. The Labute approximate surface area is 240 Å². The van der Waals surface area contributed by atoms with Gasteiger partial charge in [0.2, 0.25) is 11.8 Å². The predicted molar refractivity (Wildman–Crippen MR) is 158 cm³/mol. The summed E-state index contributed by atoms with van der Waals surface area (Å²) >= 11 is 0. The molecule has 6 rings (SSSR count). The number of nitrogens with two attached hydrogens (primary N) is 2. The third kappa shape index (κ3) is 4.98. The highest BCUT2D eigenvalue weighted by Crippen LogP contribution is 2.29. The van der Waals surface area contributed by atoms with Crippen LogP contribution in [0.25, 0.3) is 33.6 Å². The molecular weight excluding hydrogens is 528 g/mol. The lowest BCUT2D eigenvalue weighted by atomic mass is 9.94. The first-order valence-corrected chi connectivity index (χ1v) is 13.0. The number of hydrogen-bond donors (Lipinski definition) is 2. The topological polar surface area (TPSA) is 139 Å². The van der Waals surface area contributed by atoms with Crippen molar-refractivity contribution in [1.82, 2.24) is 19.1 Å². The van der Waals surface area contributed by atoms with Crippen LogP contribution >= 0.6 is 0 Å². The number of nitrogens with zero attached hydrogens (tertiary/aromatic N) is 4. The van der Waals surface area contributed by atoms with Crippen LogP contribution in [-0.4, -0.2) is 36.7 Å². The second-order valence-electron chi connectivity index (χ2n) is 9.61. The maximum Gasteiger partial charge on any atom is 0.249 e. The van der Waals surface area contributed by atoms with E-state index in [1.54, 1.807) is 110 Å². The van der Waals surface area contributed by atoms with Gasteiger partial charge in [0, 0.05) is 58.4 Å². The summed E-state index contributed by atoms with van der Waals surface area (Å²) in [5.74, 6) is -1.26. The Hall–Kier alpha value is -6.09. The quantitative estimate of drug-likeness (QED) is 0.261. The molecule has 4 aromatic carbocycles. The maximum absolute atomic E-state index is 13.3. The van der Waals surface area contributed by atoms with Gasteiger partial charge in [0.1, 0.15) is 0 Å². The number of amides is 2. The average molecular weight is 553 g/mol. The van der Waals surface area contributed by atoms with Gasteiger partial charge in [0.05, 0.1) is 12.7 Å². The molecule has 0 radical (unpaired) electrons. The molecule has 0 fully saturated rings. The molecule has 0 aliphatic carbocycles. The third-order valence-electron chi connectivity index (χ3n) is 7.06. The van der Waals surface area contributed by atoms with E-state index in [-0.39, 0.29) is 5.78 Å². The van der Waals surface area contributed by atoms with Gasteiger partial charge in [-0.2, -0.15) is 0 Å². The van der Waals surface area contributed by atoms with Crippen molar-refractivity contribution in [3.63, 3.8) is 0 Å². The highest BCUT2D eigenvalue weighted by molar-refractivity contribution is 6.10. The van der Waals surface area contributed by atoms with Crippen LogP contribution in [0.3, 0.4) is 0 Å². The van der Waals surface area contributed by atoms with E-state index in [0.717, 1.165) is 22.5 Å². The average Bonchev–Trinajstić information content (AvgIpc) is 3.76.